The minimum Gasteiger partial charge on any atom is -0.350 e. The molecule has 0 radical (unpaired) electrons. The molecule has 1 heterocycles. The highest BCUT2D eigenvalue weighted by Gasteiger charge is 2.09. The minimum absolute atomic E-state index is 0.188. The van der Waals surface area contributed by atoms with Crippen molar-refractivity contribution in [3.05, 3.63) is 24.0 Å². The summed E-state index contributed by atoms with van der Waals surface area (Å²) in [5, 5.41) is 3.54. The molecule has 0 aromatic carbocycles. The van der Waals surface area contributed by atoms with Crippen molar-refractivity contribution in [3.8, 4) is 0 Å². The fraction of sp³-hybridized carbons (Fsp3) is 0.714. The quantitative estimate of drug-likeness (QED) is 0.750. The van der Waals surface area contributed by atoms with Crippen LogP contribution >= 0.6 is 11.8 Å². The second-order valence-corrected chi connectivity index (χ2v) is 6.74. The highest BCUT2D eigenvalue weighted by molar-refractivity contribution is 7.99. The van der Waals surface area contributed by atoms with E-state index >= 15 is 0 Å². The molecule has 0 saturated heterocycles. The Labute approximate surface area is 110 Å². The monoisotopic (exact) mass is 254 g/mol. The van der Waals surface area contributed by atoms with E-state index in [0.717, 1.165) is 13.1 Å². The number of rotatable bonds is 7. The predicted molar refractivity (Wildman–Crippen MR) is 78.6 cm³/mol. The summed E-state index contributed by atoms with van der Waals surface area (Å²) in [6.45, 7) is 10.9. The molecule has 0 fully saturated rings. The van der Waals surface area contributed by atoms with Gasteiger partial charge in [-0.25, -0.2) is 0 Å². The van der Waals surface area contributed by atoms with E-state index < -0.39 is 0 Å². The molecule has 0 aliphatic carbocycles. The first-order chi connectivity index (χ1) is 8.03. The lowest BCUT2D eigenvalue weighted by atomic mass is 10.1. The van der Waals surface area contributed by atoms with E-state index in [2.05, 4.69) is 55.9 Å². The maximum absolute atomic E-state index is 3.54. The minimum atomic E-state index is 0.188. The highest BCUT2D eigenvalue weighted by atomic mass is 32.2. The number of nitrogens with zero attached hydrogens (tertiary/aromatic N) is 1. The predicted octanol–water partition coefficient (Wildman–Crippen LogP) is 3.52. The van der Waals surface area contributed by atoms with Gasteiger partial charge >= 0.3 is 0 Å². The summed E-state index contributed by atoms with van der Waals surface area (Å²) in [7, 11) is 0. The van der Waals surface area contributed by atoms with Crippen molar-refractivity contribution in [2.75, 3.05) is 11.5 Å². The summed E-state index contributed by atoms with van der Waals surface area (Å²) in [6.07, 6.45) is 3.45. The van der Waals surface area contributed by atoms with Crippen LogP contribution in [0.1, 0.15) is 39.8 Å². The molecule has 0 amide bonds. The Kier molecular flexibility index (Phi) is 6.14. The summed E-state index contributed by atoms with van der Waals surface area (Å²) in [5.74, 6) is 2.49. The van der Waals surface area contributed by atoms with Gasteiger partial charge in [-0.15, -0.1) is 0 Å². The van der Waals surface area contributed by atoms with Crippen molar-refractivity contribution in [1.82, 2.24) is 9.88 Å². The number of thioether (sulfide) groups is 1. The fourth-order valence-electron chi connectivity index (χ4n) is 1.67. The van der Waals surface area contributed by atoms with Gasteiger partial charge in [-0.05, 0) is 50.8 Å². The van der Waals surface area contributed by atoms with Gasteiger partial charge in [0.15, 0.2) is 0 Å². The lowest BCUT2D eigenvalue weighted by molar-refractivity contribution is 0.415. The molecule has 0 bridgehead atoms. The third-order valence-corrected chi connectivity index (χ3v) is 3.60. The Morgan fingerprint density at radius 3 is 2.76 bits per heavy atom. The van der Waals surface area contributed by atoms with E-state index in [4.69, 9.17) is 0 Å². The summed E-state index contributed by atoms with van der Waals surface area (Å²) in [4.78, 5) is 0. The van der Waals surface area contributed by atoms with Crippen LogP contribution < -0.4 is 5.32 Å². The van der Waals surface area contributed by atoms with E-state index in [1.54, 1.807) is 0 Å². The molecule has 0 unspecified atom stereocenters. The van der Waals surface area contributed by atoms with E-state index in [-0.39, 0.29) is 5.54 Å². The Hall–Kier alpha value is -0.410. The first-order valence-electron chi connectivity index (χ1n) is 6.49. The van der Waals surface area contributed by atoms with Crippen molar-refractivity contribution in [3.63, 3.8) is 0 Å². The van der Waals surface area contributed by atoms with Crippen molar-refractivity contribution in [2.24, 2.45) is 0 Å². The Bertz CT molecular complexity index is 312. The van der Waals surface area contributed by atoms with Gasteiger partial charge in [0.05, 0.1) is 0 Å². The van der Waals surface area contributed by atoms with Crippen LogP contribution in [0, 0.1) is 0 Å². The third kappa shape index (κ3) is 6.18. The molecule has 1 aromatic rings. The van der Waals surface area contributed by atoms with Crippen molar-refractivity contribution in [1.29, 1.82) is 0 Å². The van der Waals surface area contributed by atoms with Crippen LogP contribution in [0.25, 0.3) is 0 Å². The van der Waals surface area contributed by atoms with Gasteiger partial charge in [-0.3, -0.25) is 0 Å². The first-order valence-corrected chi connectivity index (χ1v) is 7.65. The maximum atomic E-state index is 3.54. The van der Waals surface area contributed by atoms with Crippen molar-refractivity contribution < 1.29 is 0 Å². The average Bonchev–Trinajstić information content (AvgIpc) is 2.68. The van der Waals surface area contributed by atoms with Crippen molar-refractivity contribution >= 4 is 11.8 Å². The van der Waals surface area contributed by atoms with Crippen LogP contribution in [0.4, 0.5) is 0 Å². The second kappa shape index (κ2) is 7.12. The zero-order chi connectivity index (χ0) is 12.7. The molecular formula is C14H26N2S. The Balaban J connectivity index is 2.37. The standard InChI is InChI=1S/C14H26N2S/c1-5-17-11-7-10-16-9-6-8-13(16)12-15-14(2,3)4/h6,8-9,15H,5,7,10-12H2,1-4H3. The molecule has 0 aliphatic heterocycles. The van der Waals surface area contributed by atoms with E-state index in [9.17, 15) is 0 Å². The molecule has 0 spiro atoms. The fourth-order valence-corrected chi connectivity index (χ4v) is 2.29. The molecule has 17 heavy (non-hydrogen) atoms. The van der Waals surface area contributed by atoms with Crippen LogP contribution in [0.5, 0.6) is 0 Å². The average molecular weight is 254 g/mol. The first kappa shape index (κ1) is 14.7. The molecule has 0 saturated carbocycles. The van der Waals surface area contributed by atoms with Crippen LogP contribution in [0.15, 0.2) is 18.3 Å². The second-order valence-electron chi connectivity index (χ2n) is 5.35. The van der Waals surface area contributed by atoms with E-state index in [1.165, 1.54) is 23.6 Å². The van der Waals surface area contributed by atoms with Gasteiger partial charge < -0.3 is 9.88 Å². The van der Waals surface area contributed by atoms with Gasteiger partial charge in [-0.2, -0.15) is 11.8 Å². The molecule has 1 N–H and O–H groups in total. The molecule has 3 heteroatoms. The lowest BCUT2D eigenvalue weighted by Gasteiger charge is -2.21. The largest absolute Gasteiger partial charge is 0.350 e. The van der Waals surface area contributed by atoms with Crippen LogP contribution in [-0.2, 0) is 13.1 Å². The molecule has 2 nitrogen and oxygen atoms in total. The topological polar surface area (TPSA) is 17.0 Å². The molecular weight excluding hydrogens is 228 g/mol. The lowest BCUT2D eigenvalue weighted by Crippen LogP contribution is -2.35. The third-order valence-electron chi connectivity index (χ3n) is 2.62. The molecule has 98 valence electrons. The van der Waals surface area contributed by atoms with E-state index in [1.807, 2.05) is 11.8 Å². The zero-order valence-electron chi connectivity index (χ0n) is 11.6. The van der Waals surface area contributed by atoms with Gasteiger partial charge in [0.2, 0.25) is 0 Å². The normalized spacial score (nSPS) is 12.0. The van der Waals surface area contributed by atoms with Gasteiger partial charge in [0, 0.05) is 30.5 Å². The summed E-state index contributed by atoms with van der Waals surface area (Å²) in [6, 6.07) is 4.36. The number of aryl methyl sites for hydroxylation is 1. The summed E-state index contributed by atoms with van der Waals surface area (Å²) in [5.41, 5.74) is 1.58. The van der Waals surface area contributed by atoms with E-state index in [0.29, 0.717) is 0 Å². The molecule has 0 aliphatic rings. The SMILES string of the molecule is CCSCCCn1cccc1CNC(C)(C)C. The van der Waals surface area contributed by atoms with Crippen LogP contribution in [-0.4, -0.2) is 21.6 Å². The maximum Gasteiger partial charge on any atom is 0.0363 e. The number of hydrogen-bond donors (Lipinski definition) is 1. The number of hydrogen-bond acceptors (Lipinski definition) is 2. The van der Waals surface area contributed by atoms with Gasteiger partial charge in [0.1, 0.15) is 0 Å². The highest BCUT2D eigenvalue weighted by Crippen LogP contribution is 2.08. The van der Waals surface area contributed by atoms with Crippen LogP contribution in [0.2, 0.25) is 0 Å². The smallest absolute Gasteiger partial charge is 0.0363 e. The molecule has 1 rings (SSSR count). The Morgan fingerprint density at radius 2 is 2.12 bits per heavy atom. The molecule has 1 aromatic heterocycles. The summed E-state index contributed by atoms with van der Waals surface area (Å²) < 4.78 is 2.37. The number of nitrogens with one attached hydrogen (secondary N) is 1. The van der Waals surface area contributed by atoms with Gasteiger partial charge in [-0.1, -0.05) is 6.92 Å². The van der Waals surface area contributed by atoms with Crippen molar-refractivity contribution in [2.45, 2.75) is 52.7 Å². The van der Waals surface area contributed by atoms with Crippen LogP contribution in [0.3, 0.4) is 0 Å². The number of aromatic nitrogens is 1. The summed E-state index contributed by atoms with van der Waals surface area (Å²) >= 11 is 2.02. The molecule has 0 atom stereocenters. The van der Waals surface area contributed by atoms with Gasteiger partial charge in [0.25, 0.3) is 0 Å². The Morgan fingerprint density at radius 1 is 1.35 bits per heavy atom. The zero-order valence-corrected chi connectivity index (χ0v) is 12.4.